The van der Waals surface area contributed by atoms with Gasteiger partial charge in [0.05, 0.1) is 5.92 Å². The first-order valence-electron chi connectivity index (χ1n) is 10.3. The monoisotopic (exact) mass is 416 g/mol. The van der Waals surface area contributed by atoms with E-state index in [1.807, 2.05) is 49.4 Å². The van der Waals surface area contributed by atoms with Crippen LogP contribution in [0.2, 0.25) is 0 Å². The molecule has 0 spiro atoms. The Kier molecular flexibility index (Phi) is 6.21. The van der Waals surface area contributed by atoms with Crippen molar-refractivity contribution >= 4 is 17.6 Å². The molecule has 1 N–H and O–H groups in total. The third kappa shape index (κ3) is 5.06. The van der Waals surface area contributed by atoms with Crippen LogP contribution in [0.15, 0.2) is 66.9 Å². The zero-order valence-corrected chi connectivity index (χ0v) is 17.3. The van der Waals surface area contributed by atoms with E-state index < -0.39 is 0 Å². The van der Waals surface area contributed by atoms with E-state index >= 15 is 0 Å². The maximum Gasteiger partial charge on any atom is 0.259 e. The minimum absolute atomic E-state index is 0.123. The Morgan fingerprint density at radius 1 is 1.06 bits per heavy atom. The lowest BCUT2D eigenvalue weighted by atomic mass is 9.96. The fourth-order valence-corrected chi connectivity index (χ4v) is 3.62. The first kappa shape index (κ1) is 20.5. The smallest absolute Gasteiger partial charge is 0.259 e. The summed E-state index contributed by atoms with van der Waals surface area (Å²) < 4.78 is 5.84. The van der Waals surface area contributed by atoms with Crippen molar-refractivity contribution in [3.63, 3.8) is 0 Å². The maximum atomic E-state index is 13.2. The number of nitrogens with one attached hydrogen (secondary N) is 1. The van der Waals surface area contributed by atoms with Crippen molar-refractivity contribution in [3.8, 4) is 11.6 Å². The number of rotatable bonds is 5. The van der Waals surface area contributed by atoms with Gasteiger partial charge in [0.2, 0.25) is 11.8 Å². The first-order valence-corrected chi connectivity index (χ1v) is 10.3. The minimum atomic E-state index is -0.296. The summed E-state index contributed by atoms with van der Waals surface area (Å²) >= 11 is 0. The van der Waals surface area contributed by atoms with Gasteiger partial charge in [-0.15, -0.1) is 0 Å². The molecule has 1 saturated heterocycles. The predicted molar refractivity (Wildman–Crippen MR) is 117 cm³/mol. The number of piperidine rings is 1. The second-order valence-corrected chi connectivity index (χ2v) is 7.52. The van der Waals surface area contributed by atoms with Gasteiger partial charge in [-0.3, -0.25) is 9.59 Å². The Morgan fingerprint density at radius 2 is 1.90 bits per heavy atom. The highest BCUT2D eigenvalue weighted by molar-refractivity contribution is 5.97. The molecule has 3 aromatic rings. The van der Waals surface area contributed by atoms with Crippen LogP contribution in [0.25, 0.3) is 0 Å². The number of anilines is 1. The Balaban J connectivity index is 1.46. The molecule has 1 aromatic carbocycles. The quantitative estimate of drug-likeness (QED) is 0.678. The van der Waals surface area contributed by atoms with Crippen LogP contribution in [-0.4, -0.2) is 39.8 Å². The van der Waals surface area contributed by atoms with E-state index in [-0.39, 0.29) is 23.6 Å². The summed E-state index contributed by atoms with van der Waals surface area (Å²) in [6.07, 6.45) is 3.07. The van der Waals surface area contributed by atoms with Gasteiger partial charge in [-0.1, -0.05) is 24.3 Å². The molecular formula is C24H24N4O3. The van der Waals surface area contributed by atoms with E-state index in [1.54, 1.807) is 29.3 Å². The Labute approximate surface area is 181 Å². The highest BCUT2D eigenvalue weighted by Gasteiger charge is 2.30. The SMILES string of the molecule is Cc1cccc(NC(=O)C2CCCN(C(=O)c3cccnc3Oc3ccccc3)C2)n1. The van der Waals surface area contributed by atoms with E-state index in [9.17, 15) is 9.59 Å². The van der Waals surface area contributed by atoms with Crippen molar-refractivity contribution in [2.45, 2.75) is 19.8 Å². The van der Waals surface area contributed by atoms with Crippen molar-refractivity contribution in [2.24, 2.45) is 5.92 Å². The molecule has 0 saturated carbocycles. The number of hydrogen-bond acceptors (Lipinski definition) is 5. The molecule has 2 amide bonds. The highest BCUT2D eigenvalue weighted by atomic mass is 16.5. The van der Waals surface area contributed by atoms with E-state index in [0.717, 1.165) is 18.5 Å². The highest BCUT2D eigenvalue weighted by Crippen LogP contribution is 2.26. The molecule has 4 rings (SSSR count). The minimum Gasteiger partial charge on any atom is -0.438 e. The molecule has 1 aliphatic rings. The number of para-hydroxylation sites is 1. The number of carbonyl (C=O) groups excluding carboxylic acids is 2. The van der Waals surface area contributed by atoms with Crippen LogP contribution in [-0.2, 0) is 4.79 Å². The summed E-state index contributed by atoms with van der Waals surface area (Å²) in [7, 11) is 0. The Bertz CT molecular complexity index is 1070. The number of pyridine rings is 2. The molecule has 3 heterocycles. The molecule has 7 heteroatoms. The molecule has 0 bridgehead atoms. The van der Waals surface area contributed by atoms with Gasteiger partial charge in [-0.2, -0.15) is 0 Å². The van der Waals surface area contributed by atoms with Crippen molar-refractivity contribution in [1.29, 1.82) is 0 Å². The van der Waals surface area contributed by atoms with Crippen LogP contribution < -0.4 is 10.1 Å². The molecular weight excluding hydrogens is 392 g/mol. The third-order valence-corrected chi connectivity index (χ3v) is 5.18. The third-order valence-electron chi connectivity index (χ3n) is 5.18. The molecule has 158 valence electrons. The number of benzene rings is 1. The van der Waals surface area contributed by atoms with Crippen LogP contribution in [0, 0.1) is 12.8 Å². The van der Waals surface area contributed by atoms with E-state index in [1.165, 1.54) is 0 Å². The van der Waals surface area contributed by atoms with E-state index in [4.69, 9.17) is 4.74 Å². The molecule has 2 aromatic heterocycles. The van der Waals surface area contributed by atoms with Crippen LogP contribution in [0.3, 0.4) is 0 Å². The zero-order valence-electron chi connectivity index (χ0n) is 17.3. The number of aromatic nitrogens is 2. The van der Waals surface area contributed by atoms with Crippen molar-refractivity contribution in [1.82, 2.24) is 14.9 Å². The first-order chi connectivity index (χ1) is 15.1. The summed E-state index contributed by atoms with van der Waals surface area (Å²) in [5.74, 6) is 0.785. The average Bonchev–Trinajstić information content (AvgIpc) is 2.80. The summed E-state index contributed by atoms with van der Waals surface area (Å²) in [6.45, 7) is 2.81. The molecule has 0 aliphatic carbocycles. The lowest BCUT2D eigenvalue weighted by molar-refractivity contribution is -0.121. The number of amides is 2. The number of nitrogens with zero attached hydrogens (tertiary/aromatic N) is 3. The molecule has 7 nitrogen and oxygen atoms in total. The number of carbonyl (C=O) groups is 2. The average molecular weight is 416 g/mol. The Hall–Kier alpha value is -3.74. The van der Waals surface area contributed by atoms with Gasteiger partial charge >= 0.3 is 0 Å². The normalized spacial score (nSPS) is 15.9. The van der Waals surface area contributed by atoms with Crippen LogP contribution in [0.1, 0.15) is 28.9 Å². The van der Waals surface area contributed by atoms with Gasteiger partial charge in [0.1, 0.15) is 17.1 Å². The van der Waals surface area contributed by atoms with Crippen molar-refractivity contribution < 1.29 is 14.3 Å². The van der Waals surface area contributed by atoms with Gasteiger partial charge < -0.3 is 15.0 Å². The van der Waals surface area contributed by atoms with E-state index in [2.05, 4.69) is 15.3 Å². The van der Waals surface area contributed by atoms with Crippen molar-refractivity contribution in [2.75, 3.05) is 18.4 Å². The molecule has 1 aliphatic heterocycles. The number of likely N-dealkylation sites (tertiary alicyclic amines) is 1. The molecule has 1 unspecified atom stereocenters. The number of ether oxygens (including phenoxy) is 1. The molecule has 1 fully saturated rings. The molecule has 0 radical (unpaired) electrons. The number of aryl methyl sites for hydroxylation is 1. The standard InChI is InChI=1S/C24H24N4O3/c1-17-8-5-13-21(26-17)27-22(29)18-9-7-15-28(16-18)24(30)20-12-6-14-25-23(20)31-19-10-3-2-4-11-19/h2-6,8,10-14,18H,7,9,15-16H2,1H3,(H,26,27,29). The summed E-state index contributed by atoms with van der Waals surface area (Å²) in [5.41, 5.74) is 1.22. The van der Waals surface area contributed by atoms with Gasteiger partial charge in [0, 0.05) is 25.0 Å². The molecule has 31 heavy (non-hydrogen) atoms. The van der Waals surface area contributed by atoms with Gasteiger partial charge in [0.25, 0.3) is 5.91 Å². The van der Waals surface area contributed by atoms with Gasteiger partial charge in [0.15, 0.2) is 0 Å². The van der Waals surface area contributed by atoms with Gasteiger partial charge in [-0.25, -0.2) is 9.97 Å². The largest absolute Gasteiger partial charge is 0.438 e. The predicted octanol–water partition coefficient (Wildman–Crippen LogP) is 4.07. The summed E-state index contributed by atoms with van der Waals surface area (Å²) in [4.78, 5) is 36.3. The van der Waals surface area contributed by atoms with Crippen LogP contribution in [0.4, 0.5) is 5.82 Å². The topological polar surface area (TPSA) is 84.4 Å². The summed E-state index contributed by atoms with van der Waals surface area (Å²) in [6, 6.07) is 18.1. The van der Waals surface area contributed by atoms with Crippen LogP contribution in [0.5, 0.6) is 11.6 Å². The molecule has 1 atom stereocenters. The lowest BCUT2D eigenvalue weighted by Crippen LogP contribution is -2.44. The van der Waals surface area contributed by atoms with Crippen molar-refractivity contribution in [3.05, 3.63) is 78.1 Å². The zero-order chi connectivity index (χ0) is 21.6. The Morgan fingerprint density at radius 3 is 2.71 bits per heavy atom. The van der Waals surface area contributed by atoms with Crippen LogP contribution >= 0.6 is 0 Å². The van der Waals surface area contributed by atoms with E-state index in [0.29, 0.717) is 30.2 Å². The second-order valence-electron chi connectivity index (χ2n) is 7.52. The van der Waals surface area contributed by atoms with Gasteiger partial charge in [-0.05, 0) is 56.2 Å². The fourth-order valence-electron chi connectivity index (χ4n) is 3.62. The second kappa shape index (κ2) is 9.38. The maximum absolute atomic E-state index is 13.2. The fraction of sp³-hybridized carbons (Fsp3) is 0.250. The summed E-state index contributed by atoms with van der Waals surface area (Å²) in [5, 5.41) is 2.87. The lowest BCUT2D eigenvalue weighted by Gasteiger charge is -2.32. The number of hydrogen-bond donors (Lipinski definition) is 1.